The molecular formula is C18H19N3O4. The number of benzene rings is 1. The molecule has 0 saturated carbocycles. The topological polar surface area (TPSA) is 73.5 Å². The molecule has 1 aliphatic rings. The smallest absolute Gasteiger partial charge is 0.334 e. The van der Waals surface area contributed by atoms with Crippen molar-refractivity contribution in [2.24, 2.45) is 14.1 Å². The summed E-state index contributed by atoms with van der Waals surface area (Å²) in [5.74, 6) is -0.535. The molecule has 7 heteroatoms. The Labute approximate surface area is 144 Å². The van der Waals surface area contributed by atoms with Gasteiger partial charge in [-0.1, -0.05) is 18.2 Å². The van der Waals surface area contributed by atoms with Gasteiger partial charge in [-0.15, -0.1) is 0 Å². The second-order valence-corrected chi connectivity index (χ2v) is 5.72. The first-order chi connectivity index (χ1) is 12.0. The summed E-state index contributed by atoms with van der Waals surface area (Å²) in [7, 11) is 2.98. The van der Waals surface area contributed by atoms with E-state index in [-0.39, 0.29) is 12.2 Å². The lowest BCUT2D eigenvalue weighted by Crippen LogP contribution is -2.46. The minimum Gasteiger partial charge on any atom is -0.464 e. The van der Waals surface area contributed by atoms with Crippen LogP contribution in [0.15, 0.2) is 46.1 Å². The fourth-order valence-corrected chi connectivity index (χ4v) is 3.01. The normalized spacial score (nSPS) is 15.8. The van der Waals surface area contributed by atoms with Crippen molar-refractivity contribution < 1.29 is 9.53 Å². The first kappa shape index (κ1) is 16.8. The number of fused-ring (bicyclic) bond motifs is 1. The van der Waals surface area contributed by atoms with Gasteiger partial charge in [0.2, 0.25) is 0 Å². The quantitative estimate of drug-likeness (QED) is 0.784. The van der Waals surface area contributed by atoms with E-state index < -0.39 is 23.3 Å². The molecule has 25 heavy (non-hydrogen) atoms. The number of anilines is 1. The number of para-hydroxylation sites is 1. The second-order valence-electron chi connectivity index (χ2n) is 5.72. The molecule has 0 saturated heterocycles. The molecule has 1 aliphatic heterocycles. The predicted molar refractivity (Wildman–Crippen MR) is 94.3 cm³/mol. The van der Waals surface area contributed by atoms with Gasteiger partial charge >= 0.3 is 11.7 Å². The molecule has 0 radical (unpaired) electrons. The molecule has 1 atom stereocenters. The van der Waals surface area contributed by atoms with Crippen LogP contribution in [0.1, 0.15) is 24.2 Å². The van der Waals surface area contributed by atoms with Crippen molar-refractivity contribution >= 4 is 17.7 Å². The van der Waals surface area contributed by atoms with E-state index in [1.54, 1.807) is 31.1 Å². The minimum atomic E-state index is -0.951. The molecular weight excluding hydrogens is 322 g/mol. The van der Waals surface area contributed by atoms with Crippen LogP contribution in [0.4, 0.5) is 5.69 Å². The lowest BCUT2D eigenvalue weighted by atomic mass is 10.00. The zero-order valence-electron chi connectivity index (χ0n) is 14.3. The van der Waals surface area contributed by atoms with Gasteiger partial charge in [0, 0.05) is 26.0 Å². The van der Waals surface area contributed by atoms with Crippen molar-refractivity contribution in [1.82, 2.24) is 9.13 Å². The Kier molecular flexibility index (Phi) is 4.31. The molecule has 2 heterocycles. The average molecular weight is 341 g/mol. The molecule has 0 amide bonds. The van der Waals surface area contributed by atoms with Crippen LogP contribution in [-0.4, -0.2) is 21.7 Å². The maximum atomic E-state index is 12.8. The number of aromatic nitrogens is 2. The van der Waals surface area contributed by atoms with Crippen LogP contribution in [0.2, 0.25) is 0 Å². The summed E-state index contributed by atoms with van der Waals surface area (Å²) in [6.45, 7) is 1.91. The highest BCUT2D eigenvalue weighted by molar-refractivity contribution is 5.86. The summed E-state index contributed by atoms with van der Waals surface area (Å²) in [5.41, 5.74) is 0.455. The molecule has 1 unspecified atom stereocenters. The monoisotopic (exact) mass is 341 g/mol. The molecule has 3 rings (SSSR count). The van der Waals surface area contributed by atoms with Crippen molar-refractivity contribution in [3.05, 3.63) is 68.6 Å². The fourth-order valence-electron chi connectivity index (χ4n) is 3.01. The van der Waals surface area contributed by atoms with E-state index in [2.05, 4.69) is 0 Å². The number of hydrogen-bond acceptors (Lipinski definition) is 5. The van der Waals surface area contributed by atoms with Gasteiger partial charge in [-0.05, 0) is 25.1 Å². The maximum Gasteiger partial charge on any atom is 0.334 e. The van der Waals surface area contributed by atoms with Crippen LogP contribution in [0.25, 0.3) is 6.08 Å². The summed E-state index contributed by atoms with van der Waals surface area (Å²) >= 11 is 0. The van der Waals surface area contributed by atoms with Gasteiger partial charge < -0.3 is 9.64 Å². The first-order valence-corrected chi connectivity index (χ1v) is 7.95. The van der Waals surface area contributed by atoms with Gasteiger partial charge in [0.15, 0.2) is 6.04 Å². The van der Waals surface area contributed by atoms with E-state index in [9.17, 15) is 14.4 Å². The third kappa shape index (κ3) is 2.67. The van der Waals surface area contributed by atoms with Crippen LogP contribution >= 0.6 is 0 Å². The number of carbonyl (C=O) groups is 1. The first-order valence-electron chi connectivity index (χ1n) is 7.95. The highest BCUT2D eigenvalue weighted by atomic mass is 16.5. The molecule has 2 aromatic rings. The number of carbonyl (C=O) groups excluding carboxylic acids is 1. The Hall–Kier alpha value is -3.09. The summed E-state index contributed by atoms with van der Waals surface area (Å²) < 4.78 is 7.58. The maximum absolute atomic E-state index is 12.8. The van der Waals surface area contributed by atoms with E-state index in [1.165, 1.54) is 11.6 Å². The Morgan fingerprint density at radius 1 is 1.12 bits per heavy atom. The largest absolute Gasteiger partial charge is 0.464 e. The lowest BCUT2D eigenvalue weighted by Gasteiger charge is -2.33. The highest BCUT2D eigenvalue weighted by Crippen LogP contribution is 2.32. The molecule has 0 spiro atoms. The summed E-state index contributed by atoms with van der Waals surface area (Å²) in [6, 6.07) is 8.29. The molecule has 130 valence electrons. The molecule has 1 aromatic carbocycles. The second kappa shape index (κ2) is 6.43. The highest BCUT2D eigenvalue weighted by Gasteiger charge is 2.36. The van der Waals surface area contributed by atoms with Gasteiger partial charge in [-0.2, -0.15) is 0 Å². The fraction of sp³-hybridized carbons (Fsp3) is 0.278. The van der Waals surface area contributed by atoms with Crippen LogP contribution in [0, 0.1) is 0 Å². The van der Waals surface area contributed by atoms with Crippen molar-refractivity contribution in [1.29, 1.82) is 0 Å². The van der Waals surface area contributed by atoms with Gasteiger partial charge in [0.1, 0.15) is 0 Å². The minimum absolute atomic E-state index is 0.198. The van der Waals surface area contributed by atoms with Crippen LogP contribution in [0.3, 0.4) is 0 Å². The number of rotatable bonds is 3. The van der Waals surface area contributed by atoms with E-state index in [0.29, 0.717) is 5.69 Å². The Bertz CT molecular complexity index is 957. The van der Waals surface area contributed by atoms with E-state index in [1.807, 2.05) is 30.3 Å². The van der Waals surface area contributed by atoms with Crippen molar-refractivity contribution in [2.75, 3.05) is 11.5 Å². The van der Waals surface area contributed by atoms with Gasteiger partial charge in [0.05, 0.1) is 17.9 Å². The van der Waals surface area contributed by atoms with Crippen LogP contribution in [0.5, 0.6) is 0 Å². The van der Waals surface area contributed by atoms with Crippen LogP contribution < -0.4 is 16.1 Å². The summed E-state index contributed by atoms with van der Waals surface area (Å²) in [6.07, 6.45) is 3.36. The molecule has 0 bridgehead atoms. The number of hydrogen-bond donors (Lipinski definition) is 0. The van der Waals surface area contributed by atoms with Gasteiger partial charge in [-0.3, -0.25) is 13.9 Å². The van der Waals surface area contributed by atoms with E-state index >= 15 is 0 Å². The van der Waals surface area contributed by atoms with E-state index in [4.69, 9.17) is 4.74 Å². The summed E-state index contributed by atoms with van der Waals surface area (Å²) in [5, 5.41) is 0. The third-order valence-electron chi connectivity index (χ3n) is 4.26. The standard InChI is InChI=1S/C18H19N3O4/c1-4-25-17(23)15-14-13(19(2)18(24)20(3)16(14)22)10-11-21(15)12-8-6-5-7-9-12/h5-11,15H,4H2,1-3H3. The predicted octanol–water partition coefficient (Wildman–Crippen LogP) is 1.18. The Balaban J connectivity index is 2.28. The lowest BCUT2D eigenvalue weighted by molar-refractivity contribution is -0.144. The molecule has 0 aliphatic carbocycles. The van der Waals surface area contributed by atoms with Crippen molar-refractivity contribution in [2.45, 2.75) is 13.0 Å². The molecule has 1 aromatic heterocycles. The summed E-state index contributed by atoms with van der Waals surface area (Å²) in [4.78, 5) is 39.3. The van der Waals surface area contributed by atoms with E-state index in [0.717, 1.165) is 10.3 Å². The number of nitrogens with zero attached hydrogens (tertiary/aromatic N) is 3. The number of esters is 1. The van der Waals surface area contributed by atoms with Crippen molar-refractivity contribution in [3.63, 3.8) is 0 Å². The van der Waals surface area contributed by atoms with Crippen LogP contribution in [-0.2, 0) is 23.6 Å². The molecule has 7 nitrogen and oxygen atoms in total. The van der Waals surface area contributed by atoms with Gasteiger partial charge in [0.25, 0.3) is 5.56 Å². The Morgan fingerprint density at radius 2 is 1.80 bits per heavy atom. The third-order valence-corrected chi connectivity index (χ3v) is 4.26. The Morgan fingerprint density at radius 3 is 2.44 bits per heavy atom. The molecule has 0 N–H and O–H groups in total. The zero-order valence-corrected chi connectivity index (χ0v) is 14.3. The van der Waals surface area contributed by atoms with Crippen molar-refractivity contribution in [3.8, 4) is 0 Å². The SMILES string of the molecule is CCOC(=O)C1c2c(n(C)c(=O)n(C)c2=O)C=CN1c1ccccc1. The zero-order chi connectivity index (χ0) is 18.1. The average Bonchev–Trinajstić information content (AvgIpc) is 2.64. The van der Waals surface area contributed by atoms with Gasteiger partial charge in [-0.25, -0.2) is 9.59 Å². The number of ether oxygens (including phenoxy) is 1. The molecule has 0 fully saturated rings.